The number of fused-ring (bicyclic) bond motifs is 1. The molecule has 0 aromatic heterocycles. The summed E-state index contributed by atoms with van der Waals surface area (Å²) in [5.41, 5.74) is 1.86. The second kappa shape index (κ2) is 8.27. The van der Waals surface area contributed by atoms with Crippen LogP contribution in [0.5, 0.6) is 0 Å². The van der Waals surface area contributed by atoms with Crippen LogP contribution in [0.2, 0.25) is 0 Å². The van der Waals surface area contributed by atoms with Crippen LogP contribution in [0.25, 0.3) is 0 Å². The van der Waals surface area contributed by atoms with Crippen LogP contribution in [0.15, 0.2) is 53.4 Å². The number of carbonyl (C=O) groups is 3. The molecule has 1 aliphatic rings. The van der Waals surface area contributed by atoms with E-state index in [1.807, 2.05) is 31.2 Å². The van der Waals surface area contributed by atoms with Crippen LogP contribution in [-0.2, 0) is 26.2 Å². The Morgan fingerprint density at radius 2 is 1.73 bits per heavy atom. The van der Waals surface area contributed by atoms with Crippen molar-refractivity contribution in [1.29, 1.82) is 0 Å². The number of hydrogen-bond acceptors (Lipinski definition) is 5. The predicted octanol–water partition coefficient (Wildman–Crippen LogP) is 1.30. The fraction of sp³-hybridized carbons (Fsp3) is 0.286. The summed E-state index contributed by atoms with van der Waals surface area (Å²) in [5, 5.41) is 2.50. The smallest absolute Gasteiger partial charge is 0.269 e. The minimum atomic E-state index is -4.12. The van der Waals surface area contributed by atoms with Crippen molar-refractivity contribution in [3.05, 3.63) is 65.2 Å². The molecule has 0 aliphatic carbocycles. The Balaban J connectivity index is 1.89. The number of nitrogens with zero attached hydrogens (tertiary/aromatic N) is 2. The van der Waals surface area contributed by atoms with E-state index in [-0.39, 0.29) is 17.0 Å². The van der Waals surface area contributed by atoms with Gasteiger partial charge in [-0.25, -0.2) is 12.7 Å². The highest BCUT2D eigenvalue weighted by molar-refractivity contribution is 7.90. The molecule has 8 nitrogen and oxygen atoms in total. The average Bonchev–Trinajstić information content (AvgIpc) is 2.93. The first-order chi connectivity index (χ1) is 14.2. The molecule has 3 amide bonds. The van der Waals surface area contributed by atoms with Crippen LogP contribution >= 0.6 is 0 Å². The molecule has 0 unspecified atom stereocenters. The zero-order valence-corrected chi connectivity index (χ0v) is 17.8. The molecule has 1 N–H and O–H groups in total. The molecule has 158 valence electrons. The first-order valence-corrected chi connectivity index (χ1v) is 10.8. The van der Waals surface area contributed by atoms with Crippen molar-refractivity contribution in [2.45, 2.75) is 31.3 Å². The Morgan fingerprint density at radius 3 is 2.33 bits per heavy atom. The molecular weight excluding hydrogens is 406 g/mol. The summed E-state index contributed by atoms with van der Waals surface area (Å²) >= 11 is 0. The highest BCUT2D eigenvalue weighted by atomic mass is 32.2. The summed E-state index contributed by atoms with van der Waals surface area (Å²) in [6.45, 7) is 2.91. The molecule has 2 aromatic carbocycles. The Morgan fingerprint density at radius 1 is 1.10 bits per heavy atom. The van der Waals surface area contributed by atoms with Crippen molar-refractivity contribution in [1.82, 2.24) is 14.5 Å². The minimum Gasteiger partial charge on any atom is -0.357 e. The molecule has 9 heteroatoms. The van der Waals surface area contributed by atoms with Gasteiger partial charge in [0, 0.05) is 13.6 Å². The Bertz CT molecular complexity index is 1100. The quantitative estimate of drug-likeness (QED) is 0.746. The largest absolute Gasteiger partial charge is 0.357 e. The SMILES string of the molecule is CNC(=O)[C@@H](C)N(Cc1ccc(C)cc1)C(=O)CN1C(=O)c2ccccc2S1(=O)=O. The van der Waals surface area contributed by atoms with E-state index < -0.39 is 40.3 Å². The highest BCUT2D eigenvalue weighted by Gasteiger charge is 2.43. The van der Waals surface area contributed by atoms with E-state index in [1.165, 1.54) is 30.1 Å². The van der Waals surface area contributed by atoms with Gasteiger partial charge in [0.2, 0.25) is 11.8 Å². The van der Waals surface area contributed by atoms with Crippen molar-refractivity contribution >= 4 is 27.7 Å². The van der Waals surface area contributed by atoms with Gasteiger partial charge in [0.25, 0.3) is 15.9 Å². The third-order valence-corrected chi connectivity index (χ3v) is 6.87. The fourth-order valence-corrected chi connectivity index (χ4v) is 4.80. The topological polar surface area (TPSA) is 104 Å². The van der Waals surface area contributed by atoms with Gasteiger partial charge in [-0.2, -0.15) is 0 Å². The zero-order valence-electron chi connectivity index (χ0n) is 17.0. The lowest BCUT2D eigenvalue weighted by molar-refractivity contribution is -0.140. The van der Waals surface area contributed by atoms with E-state index in [4.69, 9.17) is 0 Å². The van der Waals surface area contributed by atoms with Crippen LogP contribution in [0, 0.1) is 6.92 Å². The lowest BCUT2D eigenvalue weighted by Crippen LogP contribution is -2.50. The number of benzene rings is 2. The van der Waals surface area contributed by atoms with Crippen molar-refractivity contribution in [3.8, 4) is 0 Å². The first kappa shape index (κ1) is 21.5. The number of likely N-dealkylation sites (N-methyl/N-ethyl adjacent to an activating group) is 1. The molecule has 30 heavy (non-hydrogen) atoms. The molecule has 0 bridgehead atoms. The summed E-state index contributed by atoms with van der Waals surface area (Å²) < 4.78 is 26.1. The van der Waals surface area contributed by atoms with Gasteiger partial charge in [-0.05, 0) is 31.5 Å². The molecule has 0 spiro atoms. The van der Waals surface area contributed by atoms with Gasteiger partial charge >= 0.3 is 0 Å². The number of nitrogens with one attached hydrogen (secondary N) is 1. The number of sulfonamides is 1. The molecule has 2 aromatic rings. The highest BCUT2D eigenvalue weighted by Crippen LogP contribution is 2.30. The van der Waals surface area contributed by atoms with Crippen molar-refractivity contribution in [2.24, 2.45) is 0 Å². The van der Waals surface area contributed by atoms with Gasteiger partial charge in [-0.3, -0.25) is 14.4 Å². The Labute approximate surface area is 175 Å². The third-order valence-electron chi connectivity index (χ3n) is 5.08. The second-order valence-electron chi connectivity index (χ2n) is 7.11. The van der Waals surface area contributed by atoms with Crippen LogP contribution in [0.4, 0.5) is 0 Å². The fourth-order valence-electron chi connectivity index (χ4n) is 3.28. The predicted molar refractivity (Wildman–Crippen MR) is 110 cm³/mol. The molecule has 0 radical (unpaired) electrons. The summed E-state index contributed by atoms with van der Waals surface area (Å²) in [7, 11) is -2.66. The second-order valence-corrected chi connectivity index (χ2v) is 8.94. The molecule has 0 saturated carbocycles. The van der Waals surface area contributed by atoms with Crippen molar-refractivity contribution in [3.63, 3.8) is 0 Å². The van der Waals surface area contributed by atoms with Crippen LogP contribution in [0.1, 0.15) is 28.4 Å². The number of rotatable bonds is 6. The molecule has 1 atom stereocenters. The summed E-state index contributed by atoms with van der Waals surface area (Å²) in [6, 6.07) is 12.4. The maximum atomic E-state index is 13.1. The van der Waals surface area contributed by atoms with Gasteiger partial charge in [0.1, 0.15) is 17.5 Å². The lowest BCUT2D eigenvalue weighted by Gasteiger charge is -2.29. The molecule has 1 heterocycles. The van der Waals surface area contributed by atoms with E-state index >= 15 is 0 Å². The average molecular weight is 429 g/mol. The van der Waals surface area contributed by atoms with Gasteiger partial charge in [-0.1, -0.05) is 42.0 Å². The van der Waals surface area contributed by atoms with Gasteiger partial charge in [-0.15, -0.1) is 0 Å². The van der Waals surface area contributed by atoms with Crippen LogP contribution < -0.4 is 5.32 Å². The number of hydrogen-bond donors (Lipinski definition) is 1. The van der Waals surface area contributed by atoms with E-state index in [2.05, 4.69) is 5.32 Å². The van der Waals surface area contributed by atoms with E-state index in [0.717, 1.165) is 11.1 Å². The summed E-state index contributed by atoms with van der Waals surface area (Å²) in [6.07, 6.45) is 0. The number of carbonyl (C=O) groups excluding carboxylic acids is 3. The Kier molecular flexibility index (Phi) is 5.93. The Hall–Kier alpha value is -3.20. The zero-order chi connectivity index (χ0) is 22.1. The maximum Gasteiger partial charge on any atom is 0.269 e. The van der Waals surface area contributed by atoms with E-state index in [0.29, 0.717) is 4.31 Å². The molecule has 1 aliphatic heterocycles. The van der Waals surface area contributed by atoms with Gasteiger partial charge in [0.15, 0.2) is 0 Å². The number of amides is 3. The van der Waals surface area contributed by atoms with E-state index in [9.17, 15) is 22.8 Å². The summed E-state index contributed by atoms with van der Waals surface area (Å²) in [5.74, 6) is -1.78. The normalized spacial score (nSPS) is 15.4. The molecule has 3 rings (SSSR count). The van der Waals surface area contributed by atoms with E-state index in [1.54, 1.807) is 13.0 Å². The standard InChI is InChI=1S/C21H23N3O5S/c1-14-8-10-16(11-9-14)12-23(15(2)20(26)22-3)19(25)13-24-21(27)17-6-4-5-7-18(17)30(24,28)29/h4-11,15H,12-13H2,1-3H3,(H,22,26)/t15-/m1/s1. The van der Waals surface area contributed by atoms with Crippen LogP contribution in [0.3, 0.4) is 0 Å². The van der Waals surface area contributed by atoms with Gasteiger partial charge < -0.3 is 10.2 Å². The number of aryl methyl sites for hydroxylation is 1. The van der Waals surface area contributed by atoms with Crippen molar-refractivity contribution in [2.75, 3.05) is 13.6 Å². The molecular formula is C21H23N3O5S. The first-order valence-electron chi connectivity index (χ1n) is 9.39. The molecule has 0 fully saturated rings. The molecule has 0 saturated heterocycles. The van der Waals surface area contributed by atoms with Crippen molar-refractivity contribution < 1.29 is 22.8 Å². The maximum absolute atomic E-state index is 13.1. The minimum absolute atomic E-state index is 0.0368. The summed E-state index contributed by atoms with van der Waals surface area (Å²) in [4.78, 5) is 39.1. The lowest BCUT2D eigenvalue weighted by atomic mass is 10.1. The monoisotopic (exact) mass is 429 g/mol. The van der Waals surface area contributed by atoms with Gasteiger partial charge in [0.05, 0.1) is 5.56 Å². The van der Waals surface area contributed by atoms with Crippen LogP contribution in [-0.4, -0.2) is 55.0 Å². The third kappa shape index (κ3) is 3.93.